The topological polar surface area (TPSA) is 142 Å². The van der Waals surface area contributed by atoms with Crippen LogP contribution < -0.4 is 11.1 Å². The Balaban J connectivity index is 1.39. The van der Waals surface area contributed by atoms with Crippen molar-refractivity contribution in [1.29, 1.82) is 0 Å². The second-order valence-corrected chi connectivity index (χ2v) is 12.2. The Morgan fingerprint density at radius 2 is 1.86 bits per heavy atom. The Morgan fingerprint density at radius 3 is 2.59 bits per heavy atom. The molecule has 2 aromatic heterocycles. The van der Waals surface area contributed by atoms with Gasteiger partial charge in [-0.2, -0.15) is 13.5 Å². The van der Waals surface area contributed by atoms with Gasteiger partial charge in [0.2, 0.25) is 5.91 Å². The summed E-state index contributed by atoms with van der Waals surface area (Å²) in [5.74, 6) is -0.198. The van der Waals surface area contributed by atoms with Crippen LogP contribution >= 0.6 is 11.6 Å². The van der Waals surface area contributed by atoms with Gasteiger partial charge in [0.05, 0.1) is 29.6 Å². The third kappa shape index (κ3) is 5.21. The zero-order valence-electron chi connectivity index (χ0n) is 23.6. The molecule has 1 aliphatic rings. The van der Waals surface area contributed by atoms with Crippen molar-refractivity contribution >= 4 is 56.2 Å². The van der Waals surface area contributed by atoms with E-state index in [1.165, 1.54) is 12.1 Å². The Hall–Kier alpha value is -4.65. The monoisotopic (exact) mass is 632 g/mol. The molecule has 1 amide bonds. The first-order chi connectivity index (χ1) is 21.0. The van der Waals surface area contributed by atoms with Crippen molar-refractivity contribution in [2.45, 2.75) is 25.8 Å². The Labute approximate surface area is 257 Å². The number of nitrogens with two attached hydrogens (primary N) is 1. The lowest BCUT2D eigenvalue weighted by Gasteiger charge is -2.23. The molecule has 0 radical (unpaired) electrons. The first-order valence-corrected chi connectivity index (χ1v) is 15.4. The molecule has 0 bridgehead atoms. The van der Waals surface area contributed by atoms with Crippen molar-refractivity contribution in [1.82, 2.24) is 19.7 Å². The lowest BCUT2D eigenvalue weighted by atomic mass is 9.77. The minimum Gasteiger partial charge on any atom is -0.383 e. The molecule has 0 spiro atoms. The average molecular weight is 633 g/mol. The molecule has 3 aromatic carbocycles. The van der Waals surface area contributed by atoms with Gasteiger partial charge in [-0.25, -0.2) is 14.4 Å². The number of hydrogen-bond donors (Lipinski definition) is 2. The number of fused-ring (bicyclic) bond motifs is 2. The summed E-state index contributed by atoms with van der Waals surface area (Å²) in [4.78, 5) is 22.7. The number of benzene rings is 3. The van der Waals surface area contributed by atoms with Crippen molar-refractivity contribution in [2.75, 3.05) is 17.7 Å². The largest absolute Gasteiger partial charge is 0.383 e. The summed E-state index contributed by atoms with van der Waals surface area (Å²) in [6.07, 6.45) is 1.41. The second-order valence-electron chi connectivity index (χ2n) is 10.3. The highest BCUT2D eigenvalue weighted by Gasteiger charge is 2.47. The Bertz CT molecular complexity index is 2080. The molecule has 0 fully saturated rings. The number of aromatic nitrogens is 4. The number of nitrogens with one attached hydrogen (secondary N) is 1. The van der Waals surface area contributed by atoms with Gasteiger partial charge in [0, 0.05) is 16.0 Å². The van der Waals surface area contributed by atoms with Crippen LogP contribution in [-0.4, -0.2) is 40.7 Å². The summed E-state index contributed by atoms with van der Waals surface area (Å²) in [5, 5.41) is 9.68. The molecule has 13 heteroatoms. The third-order valence-electron chi connectivity index (χ3n) is 7.52. The van der Waals surface area contributed by atoms with Gasteiger partial charge >= 0.3 is 0 Å². The lowest BCUT2D eigenvalue weighted by Crippen LogP contribution is -2.32. The smallest absolute Gasteiger partial charge is 0.290 e. The quantitative estimate of drug-likeness (QED) is 0.213. The fourth-order valence-electron chi connectivity index (χ4n) is 5.30. The number of rotatable bonds is 8. The number of anilines is 2. The van der Waals surface area contributed by atoms with Crippen LogP contribution in [0, 0.1) is 5.82 Å². The number of amides is 1. The number of carbonyl (C=O) groups excluding carboxylic acids is 1. The molecule has 44 heavy (non-hydrogen) atoms. The van der Waals surface area contributed by atoms with Crippen LogP contribution in [0.25, 0.3) is 28.5 Å². The minimum absolute atomic E-state index is 0.0316. The van der Waals surface area contributed by atoms with E-state index in [0.29, 0.717) is 43.9 Å². The maximum atomic E-state index is 14.5. The molecule has 3 heterocycles. The zero-order chi connectivity index (χ0) is 31.2. The molecule has 6 rings (SSSR count). The van der Waals surface area contributed by atoms with Crippen LogP contribution in [0.4, 0.5) is 16.0 Å². The van der Waals surface area contributed by atoms with Crippen LogP contribution in [0.2, 0.25) is 5.02 Å². The third-order valence-corrected chi connectivity index (χ3v) is 8.79. The summed E-state index contributed by atoms with van der Waals surface area (Å²) < 4.78 is 44.5. The van der Waals surface area contributed by atoms with Gasteiger partial charge in [0.15, 0.2) is 5.82 Å². The standard InChI is InChI=1S/C31H26ClFN6O4S/c1-3-43-44(41,42)15-14-18-8-10-20(11-9-18)31(2)25-27(34)35-29(36-28(25)37-30(31)40)26-22-13-12-21(32)16-24(22)39(38-26)17-19-6-4-5-7-23(19)33/h4-16H,3,17H2,1-2H3,(H3,34,35,36,37,40). The number of nitrogens with zero attached hydrogens (tertiary/aromatic N) is 4. The highest BCUT2D eigenvalue weighted by molar-refractivity contribution is 7.89. The molecule has 0 saturated carbocycles. The van der Waals surface area contributed by atoms with E-state index >= 15 is 0 Å². The molecule has 224 valence electrons. The van der Waals surface area contributed by atoms with Crippen LogP contribution in [0.5, 0.6) is 0 Å². The van der Waals surface area contributed by atoms with E-state index in [1.807, 2.05) is 0 Å². The van der Waals surface area contributed by atoms with Crippen molar-refractivity contribution in [3.63, 3.8) is 0 Å². The van der Waals surface area contributed by atoms with Crippen molar-refractivity contribution in [3.8, 4) is 11.5 Å². The van der Waals surface area contributed by atoms with Crippen molar-refractivity contribution in [2.24, 2.45) is 0 Å². The fourth-order valence-corrected chi connectivity index (χ4v) is 6.20. The van der Waals surface area contributed by atoms with Gasteiger partial charge in [-0.1, -0.05) is 54.1 Å². The molecule has 1 atom stereocenters. The zero-order valence-corrected chi connectivity index (χ0v) is 25.2. The fraction of sp³-hybridized carbons (Fsp3) is 0.161. The molecule has 1 aliphatic heterocycles. The molecule has 0 saturated heterocycles. The lowest BCUT2D eigenvalue weighted by molar-refractivity contribution is -0.119. The van der Waals surface area contributed by atoms with E-state index in [-0.39, 0.29) is 42.3 Å². The number of carbonyl (C=O) groups is 1. The van der Waals surface area contributed by atoms with E-state index in [0.717, 1.165) is 5.41 Å². The summed E-state index contributed by atoms with van der Waals surface area (Å²) in [7, 11) is -3.79. The van der Waals surface area contributed by atoms with E-state index < -0.39 is 15.5 Å². The van der Waals surface area contributed by atoms with Gasteiger partial charge in [-0.15, -0.1) is 0 Å². The van der Waals surface area contributed by atoms with Crippen LogP contribution in [0.3, 0.4) is 0 Å². The van der Waals surface area contributed by atoms with Gasteiger partial charge in [0.25, 0.3) is 10.1 Å². The van der Waals surface area contributed by atoms with Crippen LogP contribution in [0.15, 0.2) is 72.1 Å². The van der Waals surface area contributed by atoms with Gasteiger partial charge in [-0.3, -0.25) is 13.7 Å². The van der Waals surface area contributed by atoms with Crippen LogP contribution in [0.1, 0.15) is 36.1 Å². The van der Waals surface area contributed by atoms with Gasteiger partial charge in [-0.05, 0) is 55.3 Å². The average Bonchev–Trinajstić information content (AvgIpc) is 3.47. The van der Waals surface area contributed by atoms with Crippen molar-refractivity contribution < 1.29 is 21.8 Å². The molecule has 10 nitrogen and oxygen atoms in total. The molecule has 5 aromatic rings. The maximum absolute atomic E-state index is 14.5. The molecular formula is C31H26ClFN6O4S. The maximum Gasteiger partial charge on any atom is 0.290 e. The second kappa shape index (κ2) is 11.1. The minimum atomic E-state index is -3.79. The molecule has 0 aliphatic carbocycles. The highest BCUT2D eigenvalue weighted by atomic mass is 35.5. The summed E-state index contributed by atoms with van der Waals surface area (Å²) in [5.41, 5.74) is 8.39. The summed E-state index contributed by atoms with van der Waals surface area (Å²) >= 11 is 6.30. The predicted molar refractivity (Wildman–Crippen MR) is 167 cm³/mol. The molecular weight excluding hydrogens is 607 g/mol. The van der Waals surface area contributed by atoms with Crippen molar-refractivity contribution in [3.05, 3.63) is 105 Å². The Kier molecular flexibility index (Phi) is 7.44. The number of nitrogen functional groups attached to an aromatic ring is 1. The van der Waals surface area contributed by atoms with Crippen LogP contribution in [-0.2, 0) is 31.1 Å². The highest BCUT2D eigenvalue weighted by Crippen LogP contribution is 2.45. The van der Waals surface area contributed by atoms with Gasteiger partial charge < -0.3 is 11.1 Å². The molecule has 1 unspecified atom stereocenters. The first kappa shape index (κ1) is 29.4. The van der Waals surface area contributed by atoms with E-state index in [1.54, 1.807) is 79.2 Å². The van der Waals surface area contributed by atoms with Gasteiger partial charge in [0.1, 0.15) is 28.6 Å². The van der Waals surface area contributed by atoms with E-state index in [9.17, 15) is 17.6 Å². The van der Waals surface area contributed by atoms with E-state index in [2.05, 4.69) is 15.3 Å². The predicted octanol–water partition coefficient (Wildman–Crippen LogP) is 5.51. The SMILES string of the molecule is CCOS(=O)(=O)C=Cc1ccc(C2(C)C(=O)Nc3nc(-c4nn(Cc5ccccc5F)c5cc(Cl)ccc45)nc(N)c32)cc1. The summed E-state index contributed by atoms with van der Waals surface area (Å²) in [6, 6.07) is 18.5. The number of halogens is 2. The Morgan fingerprint density at radius 1 is 1.11 bits per heavy atom. The summed E-state index contributed by atoms with van der Waals surface area (Å²) in [6.45, 7) is 3.48. The number of hydrogen-bond acceptors (Lipinski definition) is 8. The van der Waals surface area contributed by atoms with E-state index in [4.69, 9.17) is 26.6 Å². The normalized spacial score (nSPS) is 16.5. The molecule has 3 N–H and O–H groups in total. The first-order valence-electron chi connectivity index (χ1n) is 13.6.